The van der Waals surface area contributed by atoms with Crippen molar-refractivity contribution in [1.29, 1.82) is 0 Å². The second-order valence-corrected chi connectivity index (χ2v) is 9.82. The number of nitrogens with zero attached hydrogens (tertiary/aromatic N) is 5. The van der Waals surface area contributed by atoms with Crippen LogP contribution in [0.5, 0.6) is 5.88 Å². The van der Waals surface area contributed by atoms with Crippen LogP contribution in [0.25, 0.3) is 0 Å². The maximum atomic E-state index is 6.52. The molecule has 4 heterocycles. The van der Waals surface area contributed by atoms with Crippen LogP contribution in [0.15, 0.2) is 24.7 Å². The van der Waals surface area contributed by atoms with Crippen LogP contribution in [0.4, 0.5) is 11.5 Å². The third-order valence-electron chi connectivity index (χ3n) is 7.10. The molecule has 9 nitrogen and oxygen atoms in total. The SMILES string of the molecule is CC1(Oc2cc(C(=[NH2+])c3cc(N4CCC(CN5CCNCC5)CC4)ncn3)c(N)cn2)CC1. The first-order chi connectivity index (χ1) is 16.0. The summed E-state index contributed by atoms with van der Waals surface area (Å²) >= 11 is 0. The molecule has 0 amide bonds. The Morgan fingerprint density at radius 3 is 2.64 bits per heavy atom. The number of pyridine rings is 1. The largest absolute Gasteiger partial charge is 0.471 e. The second-order valence-electron chi connectivity index (χ2n) is 9.82. The van der Waals surface area contributed by atoms with Crippen LogP contribution in [-0.2, 0) is 0 Å². The first-order valence-corrected chi connectivity index (χ1v) is 12.1. The van der Waals surface area contributed by atoms with Crippen LogP contribution >= 0.6 is 0 Å². The fraction of sp³-hybridized carbons (Fsp3) is 0.583. The lowest BCUT2D eigenvalue weighted by Crippen LogP contribution is -2.47. The fourth-order valence-electron chi connectivity index (χ4n) is 4.68. The van der Waals surface area contributed by atoms with Gasteiger partial charge < -0.3 is 25.6 Å². The van der Waals surface area contributed by atoms with Crippen molar-refractivity contribution in [1.82, 2.24) is 25.2 Å². The number of aromatic nitrogens is 3. The lowest BCUT2D eigenvalue weighted by Gasteiger charge is -2.36. The summed E-state index contributed by atoms with van der Waals surface area (Å²) in [5.74, 6) is 2.21. The van der Waals surface area contributed by atoms with Gasteiger partial charge in [-0.05, 0) is 38.5 Å². The highest BCUT2D eigenvalue weighted by Crippen LogP contribution is 2.39. The van der Waals surface area contributed by atoms with Crippen LogP contribution < -0.4 is 26.1 Å². The predicted molar refractivity (Wildman–Crippen MR) is 128 cm³/mol. The lowest BCUT2D eigenvalue weighted by molar-refractivity contribution is -0.111. The van der Waals surface area contributed by atoms with E-state index in [1.165, 1.54) is 19.4 Å². The Morgan fingerprint density at radius 1 is 1.15 bits per heavy atom. The summed E-state index contributed by atoms with van der Waals surface area (Å²) in [5.41, 5.74) is 8.47. The summed E-state index contributed by atoms with van der Waals surface area (Å²) in [5, 5.41) is 9.96. The van der Waals surface area contributed by atoms with Gasteiger partial charge in [0.25, 0.3) is 0 Å². The molecule has 5 N–H and O–H groups in total. The smallest absolute Gasteiger partial charge is 0.232 e. The molecule has 0 unspecified atom stereocenters. The average molecular weight is 452 g/mol. The maximum absolute atomic E-state index is 6.52. The van der Waals surface area contributed by atoms with Crippen molar-refractivity contribution in [3.05, 3.63) is 35.9 Å². The number of piperidine rings is 1. The Balaban J connectivity index is 1.24. The molecule has 0 atom stereocenters. The molecule has 3 aliphatic rings. The molecule has 9 heteroatoms. The van der Waals surface area contributed by atoms with Gasteiger partial charge in [0.1, 0.15) is 23.4 Å². The molecule has 0 aromatic carbocycles. The predicted octanol–water partition coefficient (Wildman–Crippen LogP) is 0.103. The summed E-state index contributed by atoms with van der Waals surface area (Å²) in [7, 11) is 0. The Hall–Kier alpha value is -2.78. The zero-order valence-electron chi connectivity index (χ0n) is 19.5. The molecule has 33 heavy (non-hydrogen) atoms. The minimum Gasteiger partial charge on any atom is -0.471 e. The molecular formula is C24H35N8O+. The van der Waals surface area contributed by atoms with Gasteiger partial charge in [0.05, 0.1) is 17.4 Å². The van der Waals surface area contributed by atoms with Crippen molar-refractivity contribution in [3.63, 3.8) is 0 Å². The standard InChI is InChI=1S/C24H34N8O/c1-24(4-5-24)33-22-12-18(19(25)14-28-22)23(26)20-13-21(30-16-29-20)32-8-2-17(3-9-32)15-31-10-6-27-7-11-31/h12-14,16-17,26-27H,2-11,15,25H2,1H3/p+1. The van der Waals surface area contributed by atoms with Crippen LogP contribution in [-0.4, -0.2) is 77.0 Å². The quantitative estimate of drug-likeness (QED) is 0.508. The molecule has 176 valence electrons. The van der Waals surface area contributed by atoms with Gasteiger partial charge in [0.2, 0.25) is 11.6 Å². The summed E-state index contributed by atoms with van der Waals surface area (Å²) in [6.07, 6.45) is 7.63. The molecule has 0 radical (unpaired) electrons. The van der Waals surface area contributed by atoms with Crippen molar-refractivity contribution in [2.75, 3.05) is 56.4 Å². The Kier molecular flexibility index (Phi) is 6.16. The average Bonchev–Trinajstić information content (AvgIpc) is 3.57. The normalized spacial score (nSPS) is 21.1. The van der Waals surface area contributed by atoms with Gasteiger partial charge in [-0.1, -0.05) is 0 Å². The van der Waals surface area contributed by atoms with E-state index in [0.29, 0.717) is 28.5 Å². The minimum atomic E-state index is -0.117. The molecule has 1 saturated carbocycles. The number of hydrogen-bond acceptors (Lipinski definition) is 8. The van der Waals surface area contributed by atoms with E-state index in [1.807, 2.05) is 12.1 Å². The molecule has 2 aliphatic heterocycles. The molecule has 1 aliphatic carbocycles. The number of rotatable bonds is 7. The van der Waals surface area contributed by atoms with E-state index in [2.05, 4.69) is 37.0 Å². The summed E-state index contributed by atoms with van der Waals surface area (Å²) in [6.45, 7) is 9.83. The van der Waals surface area contributed by atoms with Gasteiger partial charge in [0.15, 0.2) is 0 Å². The van der Waals surface area contributed by atoms with Gasteiger partial charge in [-0.3, -0.25) is 5.41 Å². The molecule has 3 fully saturated rings. The van der Waals surface area contributed by atoms with Crippen molar-refractivity contribution in [2.45, 2.75) is 38.2 Å². The molecule has 2 saturated heterocycles. The van der Waals surface area contributed by atoms with Crippen molar-refractivity contribution >= 4 is 17.2 Å². The fourth-order valence-corrected chi connectivity index (χ4v) is 4.68. The zero-order valence-corrected chi connectivity index (χ0v) is 19.5. The highest BCUT2D eigenvalue weighted by atomic mass is 16.5. The van der Waals surface area contributed by atoms with E-state index in [-0.39, 0.29) is 5.60 Å². The third-order valence-corrected chi connectivity index (χ3v) is 7.10. The van der Waals surface area contributed by atoms with E-state index >= 15 is 0 Å². The lowest BCUT2D eigenvalue weighted by atomic mass is 9.96. The van der Waals surface area contributed by atoms with E-state index in [0.717, 1.165) is 63.8 Å². The number of nitrogens with two attached hydrogens (primary N) is 2. The Morgan fingerprint density at radius 2 is 1.91 bits per heavy atom. The van der Waals surface area contributed by atoms with Gasteiger partial charge >= 0.3 is 0 Å². The topological polar surface area (TPSA) is 118 Å². The number of anilines is 2. The van der Waals surface area contributed by atoms with E-state index in [1.54, 1.807) is 12.5 Å². The van der Waals surface area contributed by atoms with Crippen LogP contribution in [0.1, 0.15) is 43.9 Å². The van der Waals surface area contributed by atoms with E-state index in [4.69, 9.17) is 15.9 Å². The highest BCUT2D eigenvalue weighted by molar-refractivity contribution is 6.11. The zero-order chi connectivity index (χ0) is 22.8. The molecule has 2 aromatic heterocycles. The number of nitrogen functional groups attached to an aromatic ring is 1. The summed E-state index contributed by atoms with van der Waals surface area (Å²) < 4.78 is 5.99. The first kappa shape index (κ1) is 22.0. The molecule has 2 aromatic rings. The molecule has 0 bridgehead atoms. The van der Waals surface area contributed by atoms with Crippen LogP contribution in [0.2, 0.25) is 0 Å². The first-order valence-electron chi connectivity index (χ1n) is 12.1. The summed E-state index contributed by atoms with van der Waals surface area (Å²) in [6, 6.07) is 3.78. The van der Waals surface area contributed by atoms with E-state index in [9.17, 15) is 0 Å². The van der Waals surface area contributed by atoms with Crippen LogP contribution in [0, 0.1) is 5.92 Å². The van der Waals surface area contributed by atoms with Gasteiger partial charge in [-0.15, -0.1) is 0 Å². The number of ether oxygens (including phenoxy) is 1. The van der Waals surface area contributed by atoms with Crippen molar-refractivity contribution in [2.24, 2.45) is 5.92 Å². The summed E-state index contributed by atoms with van der Waals surface area (Å²) in [4.78, 5) is 18.2. The van der Waals surface area contributed by atoms with Crippen molar-refractivity contribution < 1.29 is 10.1 Å². The molecular weight excluding hydrogens is 416 g/mol. The molecule has 0 spiro atoms. The van der Waals surface area contributed by atoms with Crippen LogP contribution in [0.3, 0.4) is 0 Å². The van der Waals surface area contributed by atoms with E-state index < -0.39 is 0 Å². The van der Waals surface area contributed by atoms with Gasteiger partial charge in [-0.2, -0.15) is 0 Å². The monoisotopic (exact) mass is 451 g/mol. The van der Waals surface area contributed by atoms with Gasteiger partial charge in [-0.25, -0.2) is 15.0 Å². The third kappa shape index (κ3) is 5.25. The number of nitrogens with one attached hydrogen (secondary N) is 1. The highest BCUT2D eigenvalue weighted by Gasteiger charge is 2.40. The van der Waals surface area contributed by atoms with Crippen molar-refractivity contribution in [3.8, 4) is 5.88 Å². The Labute approximate surface area is 195 Å². The second kappa shape index (κ2) is 9.23. The van der Waals surface area contributed by atoms with Gasteiger partial charge in [0, 0.05) is 57.9 Å². The maximum Gasteiger partial charge on any atom is 0.232 e. The minimum absolute atomic E-state index is 0.117. The number of piperazine rings is 1. The Bertz CT molecular complexity index is 994. The number of hydrogen-bond donors (Lipinski definition) is 3. The molecule has 5 rings (SSSR count).